The summed E-state index contributed by atoms with van der Waals surface area (Å²) in [6.45, 7) is 7.60. The van der Waals surface area contributed by atoms with E-state index >= 15 is 0 Å². The molecule has 1 atom stereocenters. The van der Waals surface area contributed by atoms with Crippen molar-refractivity contribution in [2.45, 2.75) is 52.5 Å². The van der Waals surface area contributed by atoms with Gasteiger partial charge in [0, 0.05) is 6.04 Å². The molecule has 2 nitrogen and oxygen atoms in total. The van der Waals surface area contributed by atoms with Crippen molar-refractivity contribution < 1.29 is 0 Å². The van der Waals surface area contributed by atoms with Crippen LogP contribution in [-0.2, 0) is 0 Å². The SMILES string of the molecule is CC1=C(/C=C/c2cccc(C(N)CCN)c2)C(C)(C)CCC1. The van der Waals surface area contributed by atoms with Gasteiger partial charge in [-0.25, -0.2) is 0 Å². The second-order valence-corrected chi connectivity index (χ2v) is 7.12. The van der Waals surface area contributed by atoms with E-state index in [0.717, 1.165) is 6.42 Å². The van der Waals surface area contributed by atoms with Crippen molar-refractivity contribution in [3.8, 4) is 0 Å². The minimum Gasteiger partial charge on any atom is -0.330 e. The summed E-state index contributed by atoms with van der Waals surface area (Å²) in [5, 5.41) is 0. The van der Waals surface area contributed by atoms with Gasteiger partial charge in [-0.1, -0.05) is 55.8 Å². The number of benzene rings is 1. The summed E-state index contributed by atoms with van der Waals surface area (Å²) < 4.78 is 0. The van der Waals surface area contributed by atoms with Crippen molar-refractivity contribution in [1.82, 2.24) is 0 Å². The molecule has 1 aromatic rings. The standard InChI is InChI=1S/C20H30N2/c1-15-6-5-12-20(2,3)18(15)10-9-16-7-4-8-17(14-16)19(22)11-13-21/h4,7-10,14,19H,5-6,11-13,21-22H2,1-3H3/b10-9+. The van der Waals surface area contributed by atoms with E-state index in [1.54, 1.807) is 0 Å². The van der Waals surface area contributed by atoms with Crippen LogP contribution in [0.2, 0.25) is 0 Å². The Labute approximate surface area is 135 Å². The molecule has 1 aliphatic rings. The molecule has 0 aromatic heterocycles. The summed E-state index contributed by atoms with van der Waals surface area (Å²) in [5.41, 5.74) is 17.5. The summed E-state index contributed by atoms with van der Waals surface area (Å²) in [5.74, 6) is 0. The third kappa shape index (κ3) is 4.08. The molecule has 0 saturated heterocycles. The molecule has 0 saturated carbocycles. The van der Waals surface area contributed by atoms with Gasteiger partial charge in [-0.2, -0.15) is 0 Å². The molecule has 4 N–H and O–H groups in total. The van der Waals surface area contributed by atoms with Crippen LogP contribution in [0.4, 0.5) is 0 Å². The summed E-state index contributed by atoms with van der Waals surface area (Å²) in [7, 11) is 0. The number of nitrogens with two attached hydrogens (primary N) is 2. The highest BCUT2D eigenvalue weighted by Crippen LogP contribution is 2.40. The van der Waals surface area contributed by atoms with E-state index in [1.807, 2.05) is 0 Å². The zero-order chi connectivity index (χ0) is 16.2. The molecule has 22 heavy (non-hydrogen) atoms. The fraction of sp³-hybridized carbons (Fsp3) is 0.500. The van der Waals surface area contributed by atoms with Crippen molar-refractivity contribution in [3.63, 3.8) is 0 Å². The minimum atomic E-state index is 0.0328. The van der Waals surface area contributed by atoms with Crippen molar-refractivity contribution in [3.05, 3.63) is 52.6 Å². The zero-order valence-electron chi connectivity index (χ0n) is 14.2. The Morgan fingerprint density at radius 2 is 2.05 bits per heavy atom. The van der Waals surface area contributed by atoms with Crippen LogP contribution < -0.4 is 11.5 Å². The van der Waals surface area contributed by atoms with Crippen LogP contribution in [0.15, 0.2) is 41.5 Å². The van der Waals surface area contributed by atoms with Crippen molar-refractivity contribution in [1.29, 1.82) is 0 Å². The third-order valence-corrected chi connectivity index (χ3v) is 4.80. The molecular weight excluding hydrogens is 268 g/mol. The lowest BCUT2D eigenvalue weighted by atomic mass is 9.72. The molecular formula is C20H30N2. The smallest absolute Gasteiger partial charge is 0.0307 e. The van der Waals surface area contributed by atoms with Gasteiger partial charge in [-0.05, 0) is 61.3 Å². The van der Waals surface area contributed by atoms with Gasteiger partial charge in [0.15, 0.2) is 0 Å². The highest BCUT2D eigenvalue weighted by Gasteiger charge is 2.26. The first-order chi connectivity index (χ1) is 10.4. The fourth-order valence-corrected chi connectivity index (χ4v) is 3.43. The minimum absolute atomic E-state index is 0.0328. The van der Waals surface area contributed by atoms with Crippen molar-refractivity contribution in [2.24, 2.45) is 16.9 Å². The lowest BCUT2D eigenvalue weighted by molar-refractivity contribution is 0.377. The number of hydrogen-bond donors (Lipinski definition) is 2. The molecule has 0 bridgehead atoms. The van der Waals surface area contributed by atoms with Gasteiger partial charge in [0.1, 0.15) is 0 Å². The summed E-state index contributed by atoms with van der Waals surface area (Å²) >= 11 is 0. The average molecular weight is 298 g/mol. The molecule has 1 aliphatic carbocycles. The van der Waals surface area contributed by atoms with Crippen LogP contribution in [0.5, 0.6) is 0 Å². The molecule has 1 unspecified atom stereocenters. The average Bonchev–Trinajstić information content (AvgIpc) is 2.46. The van der Waals surface area contributed by atoms with E-state index < -0.39 is 0 Å². The predicted molar refractivity (Wildman–Crippen MR) is 96.4 cm³/mol. The molecule has 0 amide bonds. The molecule has 0 heterocycles. The van der Waals surface area contributed by atoms with Crippen LogP contribution in [0.1, 0.15) is 63.6 Å². The Bertz CT molecular complexity index is 567. The van der Waals surface area contributed by atoms with Gasteiger partial charge < -0.3 is 11.5 Å². The molecule has 0 aliphatic heterocycles. The quantitative estimate of drug-likeness (QED) is 0.836. The first-order valence-electron chi connectivity index (χ1n) is 8.38. The van der Waals surface area contributed by atoms with Gasteiger partial charge >= 0.3 is 0 Å². The Hall–Kier alpha value is -1.38. The van der Waals surface area contributed by atoms with E-state index in [9.17, 15) is 0 Å². The van der Waals surface area contributed by atoms with E-state index in [4.69, 9.17) is 11.5 Å². The molecule has 1 aromatic carbocycles. The second kappa shape index (κ2) is 7.26. The van der Waals surface area contributed by atoms with Crippen LogP contribution in [0.3, 0.4) is 0 Å². The Morgan fingerprint density at radius 3 is 2.73 bits per heavy atom. The Kier molecular flexibility index (Phi) is 5.60. The topological polar surface area (TPSA) is 52.0 Å². The molecule has 0 spiro atoms. The maximum Gasteiger partial charge on any atom is 0.0307 e. The van der Waals surface area contributed by atoms with E-state index in [2.05, 4.69) is 57.2 Å². The van der Waals surface area contributed by atoms with Crippen molar-refractivity contribution in [2.75, 3.05) is 6.54 Å². The first-order valence-corrected chi connectivity index (χ1v) is 8.38. The normalized spacial score (nSPS) is 19.7. The Morgan fingerprint density at radius 1 is 1.27 bits per heavy atom. The molecule has 2 rings (SSSR count). The molecule has 2 heteroatoms. The maximum absolute atomic E-state index is 6.17. The highest BCUT2D eigenvalue weighted by atomic mass is 14.7. The first kappa shape index (κ1) is 17.0. The van der Waals surface area contributed by atoms with Gasteiger partial charge in [-0.3, -0.25) is 0 Å². The van der Waals surface area contributed by atoms with Crippen LogP contribution >= 0.6 is 0 Å². The van der Waals surface area contributed by atoms with Gasteiger partial charge in [0.05, 0.1) is 0 Å². The largest absolute Gasteiger partial charge is 0.330 e. The lowest BCUT2D eigenvalue weighted by Gasteiger charge is -2.32. The summed E-state index contributed by atoms with van der Waals surface area (Å²) in [6.07, 6.45) is 9.16. The molecule has 120 valence electrons. The van der Waals surface area contributed by atoms with Crippen LogP contribution in [0.25, 0.3) is 6.08 Å². The van der Waals surface area contributed by atoms with E-state index in [-0.39, 0.29) is 11.5 Å². The number of allylic oxidation sites excluding steroid dienone is 3. The third-order valence-electron chi connectivity index (χ3n) is 4.80. The van der Waals surface area contributed by atoms with Crippen LogP contribution in [-0.4, -0.2) is 6.54 Å². The van der Waals surface area contributed by atoms with Gasteiger partial charge in [0.25, 0.3) is 0 Å². The Balaban J connectivity index is 2.21. The highest BCUT2D eigenvalue weighted by molar-refractivity contribution is 5.55. The molecule has 0 radical (unpaired) electrons. The lowest BCUT2D eigenvalue weighted by Crippen LogP contribution is -2.19. The summed E-state index contributed by atoms with van der Waals surface area (Å²) in [4.78, 5) is 0. The second-order valence-electron chi connectivity index (χ2n) is 7.12. The van der Waals surface area contributed by atoms with Gasteiger partial charge in [-0.15, -0.1) is 0 Å². The van der Waals surface area contributed by atoms with Crippen molar-refractivity contribution >= 4 is 6.08 Å². The number of hydrogen-bond acceptors (Lipinski definition) is 2. The number of rotatable bonds is 5. The monoisotopic (exact) mass is 298 g/mol. The van der Waals surface area contributed by atoms with E-state index in [0.29, 0.717) is 6.54 Å². The zero-order valence-corrected chi connectivity index (χ0v) is 14.2. The molecule has 0 fully saturated rings. The maximum atomic E-state index is 6.17. The van der Waals surface area contributed by atoms with E-state index in [1.165, 1.54) is 41.5 Å². The predicted octanol–water partition coefficient (Wildman–Crippen LogP) is 4.58. The van der Waals surface area contributed by atoms with Crippen LogP contribution in [0, 0.1) is 5.41 Å². The summed E-state index contributed by atoms with van der Waals surface area (Å²) in [6, 6.07) is 8.53. The fourth-order valence-electron chi connectivity index (χ4n) is 3.43. The van der Waals surface area contributed by atoms with Gasteiger partial charge in [0.2, 0.25) is 0 Å².